The van der Waals surface area contributed by atoms with Gasteiger partial charge in [-0.15, -0.1) is 0 Å². The lowest BCUT2D eigenvalue weighted by molar-refractivity contribution is -0.397. The van der Waals surface area contributed by atoms with Crippen molar-refractivity contribution in [2.24, 2.45) is 0 Å². The summed E-state index contributed by atoms with van der Waals surface area (Å²) in [6, 6.07) is 0. The van der Waals surface area contributed by atoms with Crippen molar-refractivity contribution in [3.05, 3.63) is 22.5 Å². The highest BCUT2D eigenvalue weighted by Gasteiger charge is 2.16. The Morgan fingerprint density at radius 2 is 2.57 bits per heavy atom. The summed E-state index contributed by atoms with van der Waals surface area (Å²) in [6.45, 7) is 0.236. The summed E-state index contributed by atoms with van der Waals surface area (Å²) in [5.41, 5.74) is 0. The summed E-state index contributed by atoms with van der Waals surface area (Å²) in [4.78, 5) is 13.4. The molecular formula is C7H11N3O4. The molecule has 1 atom stereocenters. The molecule has 7 heteroatoms. The van der Waals surface area contributed by atoms with E-state index in [1.54, 1.807) is 0 Å². The first kappa shape index (κ1) is 10.6. The average Bonchev–Trinajstić information content (AvgIpc) is 2.52. The number of nitro groups is 1. The Bertz CT molecular complexity index is 312. The van der Waals surface area contributed by atoms with Crippen molar-refractivity contribution in [3.8, 4) is 0 Å². The number of hydrogen-bond donors (Lipinski definition) is 1. The molecule has 14 heavy (non-hydrogen) atoms. The molecule has 0 aromatic carbocycles. The number of aliphatic hydroxyl groups excluding tert-OH is 1. The maximum Gasteiger partial charge on any atom is 0.434 e. The predicted octanol–water partition coefficient (Wildman–Crippen LogP) is -0.201. The quantitative estimate of drug-likeness (QED) is 0.526. The molecule has 0 radical (unpaired) electrons. The van der Waals surface area contributed by atoms with Crippen LogP contribution in [-0.2, 0) is 11.3 Å². The van der Waals surface area contributed by atoms with Gasteiger partial charge in [-0.3, -0.25) is 0 Å². The average molecular weight is 201 g/mol. The smallest absolute Gasteiger partial charge is 0.390 e. The monoisotopic (exact) mass is 201 g/mol. The summed E-state index contributed by atoms with van der Waals surface area (Å²) in [5, 5.41) is 19.8. The van der Waals surface area contributed by atoms with E-state index in [1.165, 1.54) is 24.1 Å². The molecule has 0 unspecified atom stereocenters. The zero-order valence-electron chi connectivity index (χ0n) is 7.66. The normalized spacial score (nSPS) is 12.7. The minimum Gasteiger partial charge on any atom is -0.390 e. The van der Waals surface area contributed by atoms with E-state index in [2.05, 4.69) is 4.98 Å². The van der Waals surface area contributed by atoms with Gasteiger partial charge in [0.25, 0.3) is 0 Å². The third kappa shape index (κ3) is 2.51. The summed E-state index contributed by atoms with van der Waals surface area (Å²) >= 11 is 0. The van der Waals surface area contributed by atoms with Crippen LogP contribution in [0.4, 0.5) is 5.95 Å². The van der Waals surface area contributed by atoms with Crippen LogP contribution in [-0.4, -0.2) is 39.4 Å². The largest absolute Gasteiger partial charge is 0.434 e. The maximum absolute atomic E-state index is 10.4. The zero-order chi connectivity index (χ0) is 10.6. The van der Waals surface area contributed by atoms with Crippen LogP contribution in [0.15, 0.2) is 12.4 Å². The predicted molar refractivity (Wildman–Crippen MR) is 46.8 cm³/mol. The van der Waals surface area contributed by atoms with Crippen molar-refractivity contribution < 1.29 is 14.8 Å². The Kier molecular flexibility index (Phi) is 3.55. The van der Waals surface area contributed by atoms with E-state index in [0.29, 0.717) is 0 Å². The van der Waals surface area contributed by atoms with Crippen molar-refractivity contribution in [2.75, 3.05) is 13.7 Å². The molecule has 1 N–H and O–H groups in total. The molecule has 0 aliphatic rings. The number of aliphatic hydroxyl groups is 1. The molecule has 0 bridgehead atoms. The van der Waals surface area contributed by atoms with E-state index in [9.17, 15) is 15.2 Å². The Morgan fingerprint density at radius 1 is 1.86 bits per heavy atom. The first-order chi connectivity index (χ1) is 6.65. The van der Waals surface area contributed by atoms with Gasteiger partial charge in [-0.05, 0) is 4.92 Å². The van der Waals surface area contributed by atoms with Crippen LogP contribution < -0.4 is 0 Å². The molecule has 0 aliphatic heterocycles. The topological polar surface area (TPSA) is 90.4 Å². The van der Waals surface area contributed by atoms with Crippen LogP contribution in [0, 0.1) is 10.1 Å². The van der Waals surface area contributed by atoms with Gasteiger partial charge < -0.3 is 20.0 Å². The lowest BCUT2D eigenvalue weighted by Crippen LogP contribution is -2.21. The van der Waals surface area contributed by atoms with Crippen LogP contribution in [0.1, 0.15) is 0 Å². The number of ether oxygens (including phenoxy) is 1. The number of aromatic nitrogens is 2. The van der Waals surface area contributed by atoms with Crippen molar-refractivity contribution >= 4 is 5.95 Å². The molecular weight excluding hydrogens is 190 g/mol. The maximum atomic E-state index is 10.4. The van der Waals surface area contributed by atoms with Gasteiger partial charge in [-0.25, -0.2) is 4.57 Å². The Hall–Kier alpha value is -1.47. The molecule has 78 valence electrons. The van der Waals surface area contributed by atoms with Gasteiger partial charge in [-0.1, -0.05) is 4.98 Å². The van der Waals surface area contributed by atoms with E-state index >= 15 is 0 Å². The highest BCUT2D eigenvalue weighted by atomic mass is 16.6. The fourth-order valence-electron chi connectivity index (χ4n) is 1.09. The molecule has 0 saturated heterocycles. The second-order valence-corrected chi connectivity index (χ2v) is 2.75. The number of hydrogen-bond acceptors (Lipinski definition) is 5. The standard InChI is InChI=1S/C7H11N3O4/c1-14-5-6(11)4-9-3-2-8-7(9)10(12)13/h2-3,6,11H,4-5H2,1H3/t6-/m0/s1. The van der Waals surface area contributed by atoms with Crippen molar-refractivity contribution in [3.63, 3.8) is 0 Å². The minimum atomic E-state index is -0.770. The van der Waals surface area contributed by atoms with Crippen molar-refractivity contribution in [2.45, 2.75) is 12.6 Å². The first-order valence-electron chi connectivity index (χ1n) is 3.97. The number of imidazole rings is 1. The van der Waals surface area contributed by atoms with Crippen LogP contribution in [0.2, 0.25) is 0 Å². The molecule has 1 rings (SSSR count). The van der Waals surface area contributed by atoms with Crippen LogP contribution in [0.25, 0.3) is 0 Å². The van der Waals surface area contributed by atoms with Crippen molar-refractivity contribution in [1.82, 2.24) is 9.55 Å². The van der Waals surface area contributed by atoms with E-state index in [1.807, 2.05) is 0 Å². The Labute approximate surface area is 80.1 Å². The number of methoxy groups -OCH3 is 1. The molecule has 0 fully saturated rings. The van der Waals surface area contributed by atoms with Crippen LogP contribution >= 0.6 is 0 Å². The third-order valence-electron chi connectivity index (χ3n) is 1.62. The summed E-state index contributed by atoms with van der Waals surface area (Å²) < 4.78 is 5.97. The molecule has 0 spiro atoms. The molecule has 0 amide bonds. The molecule has 7 nitrogen and oxygen atoms in total. The minimum absolute atomic E-state index is 0.101. The van der Waals surface area contributed by atoms with Gasteiger partial charge in [0.1, 0.15) is 18.5 Å². The third-order valence-corrected chi connectivity index (χ3v) is 1.62. The molecule has 1 aromatic heterocycles. The number of rotatable bonds is 5. The van der Waals surface area contributed by atoms with Gasteiger partial charge in [0.2, 0.25) is 0 Å². The fraction of sp³-hybridized carbons (Fsp3) is 0.571. The Balaban J connectivity index is 2.66. The zero-order valence-corrected chi connectivity index (χ0v) is 7.66. The summed E-state index contributed by atoms with van der Waals surface area (Å²) in [5.74, 6) is -0.278. The fourth-order valence-corrected chi connectivity index (χ4v) is 1.09. The van der Waals surface area contributed by atoms with Crippen molar-refractivity contribution in [1.29, 1.82) is 0 Å². The SMILES string of the molecule is COC[C@@H](O)Cn1ccnc1[N+](=O)[O-]. The summed E-state index contributed by atoms with van der Waals surface area (Å²) in [7, 11) is 1.45. The van der Waals surface area contributed by atoms with Crippen LogP contribution in [0.5, 0.6) is 0 Å². The van der Waals surface area contributed by atoms with Gasteiger partial charge in [-0.2, -0.15) is 0 Å². The van der Waals surface area contributed by atoms with Gasteiger partial charge in [0.15, 0.2) is 0 Å². The van der Waals surface area contributed by atoms with Gasteiger partial charge in [0.05, 0.1) is 13.2 Å². The van der Waals surface area contributed by atoms with Gasteiger partial charge >= 0.3 is 5.95 Å². The molecule has 0 saturated carbocycles. The van der Waals surface area contributed by atoms with E-state index in [-0.39, 0.29) is 19.1 Å². The van der Waals surface area contributed by atoms with Crippen LogP contribution in [0.3, 0.4) is 0 Å². The second kappa shape index (κ2) is 4.68. The van der Waals surface area contributed by atoms with E-state index < -0.39 is 11.0 Å². The lowest BCUT2D eigenvalue weighted by Gasteiger charge is -2.07. The van der Waals surface area contributed by atoms with E-state index in [4.69, 9.17) is 4.74 Å². The Morgan fingerprint density at radius 3 is 3.14 bits per heavy atom. The molecule has 0 aliphatic carbocycles. The molecule has 1 aromatic rings. The highest BCUT2D eigenvalue weighted by molar-refractivity contribution is 5.06. The van der Waals surface area contributed by atoms with Gasteiger partial charge in [0, 0.05) is 7.11 Å². The van der Waals surface area contributed by atoms with E-state index in [0.717, 1.165) is 0 Å². The second-order valence-electron chi connectivity index (χ2n) is 2.75. The lowest BCUT2D eigenvalue weighted by atomic mass is 10.4. The molecule has 1 heterocycles. The first-order valence-corrected chi connectivity index (χ1v) is 3.97. The number of nitrogens with zero attached hydrogens (tertiary/aromatic N) is 3. The highest BCUT2D eigenvalue weighted by Crippen LogP contribution is 2.08. The summed E-state index contributed by atoms with van der Waals surface area (Å²) in [6.07, 6.45) is 1.99.